The van der Waals surface area contributed by atoms with Gasteiger partial charge in [0.1, 0.15) is 0 Å². The molecule has 1 nitrogen and oxygen atoms in total. The third-order valence-corrected chi connectivity index (χ3v) is 2.67. The van der Waals surface area contributed by atoms with E-state index in [0.29, 0.717) is 0 Å². The lowest BCUT2D eigenvalue weighted by Gasteiger charge is -2.15. The topological polar surface area (TPSA) is 26.0 Å². The second-order valence-corrected chi connectivity index (χ2v) is 3.59. The molecule has 0 unspecified atom stereocenters. The first-order valence-corrected chi connectivity index (χ1v) is 4.54. The SMILES string of the molecule is C=C(N)[C@@H](C)c1cccc(C)c1C. The average molecular weight is 175 g/mol. The van der Waals surface area contributed by atoms with E-state index in [0.717, 1.165) is 5.70 Å². The van der Waals surface area contributed by atoms with Crippen LogP contribution in [0.25, 0.3) is 0 Å². The molecule has 0 bridgehead atoms. The number of aryl methyl sites for hydroxylation is 1. The zero-order chi connectivity index (χ0) is 10.0. The van der Waals surface area contributed by atoms with Gasteiger partial charge in [-0.3, -0.25) is 0 Å². The summed E-state index contributed by atoms with van der Waals surface area (Å²) in [5.41, 5.74) is 10.3. The van der Waals surface area contributed by atoms with Crippen molar-refractivity contribution >= 4 is 0 Å². The molecule has 1 aromatic carbocycles. The maximum Gasteiger partial charge on any atom is 0.0204 e. The summed E-state index contributed by atoms with van der Waals surface area (Å²) in [5.74, 6) is 0.250. The molecule has 0 saturated carbocycles. The van der Waals surface area contributed by atoms with Gasteiger partial charge in [0.15, 0.2) is 0 Å². The average Bonchev–Trinajstić information content (AvgIpc) is 2.08. The molecule has 0 spiro atoms. The third-order valence-electron chi connectivity index (χ3n) is 2.67. The van der Waals surface area contributed by atoms with Crippen LogP contribution in [0.4, 0.5) is 0 Å². The van der Waals surface area contributed by atoms with Crippen molar-refractivity contribution < 1.29 is 0 Å². The van der Waals surface area contributed by atoms with Crippen molar-refractivity contribution in [1.29, 1.82) is 0 Å². The zero-order valence-electron chi connectivity index (χ0n) is 8.59. The summed E-state index contributed by atoms with van der Waals surface area (Å²) in [6.45, 7) is 10.1. The van der Waals surface area contributed by atoms with Crippen molar-refractivity contribution in [2.24, 2.45) is 5.73 Å². The highest BCUT2D eigenvalue weighted by molar-refractivity contribution is 5.38. The fourth-order valence-electron chi connectivity index (χ4n) is 1.44. The zero-order valence-corrected chi connectivity index (χ0v) is 8.59. The van der Waals surface area contributed by atoms with E-state index in [9.17, 15) is 0 Å². The summed E-state index contributed by atoms with van der Waals surface area (Å²) in [7, 11) is 0. The Balaban J connectivity index is 3.15. The van der Waals surface area contributed by atoms with Crippen LogP contribution in [0.2, 0.25) is 0 Å². The summed E-state index contributed by atoms with van der Waals surface area (Å²) in [5, 5.41) is 0. The normalized spacial score (nSPS) is 12.5. The van der Waals surface area contributed by atoms with Crippen molar-refractivity contribution in [3.05, 3.63) is 47.2 Å². The Kier molecular flexibility index (Phi) is 2.76. The van der Waals surface area contributed by atoms with Gasteiger partial charge < -0.3 is 5.73 Å². The Labute approximate surface area is 80.3 Å². The third kappa shape index (κ3) is 1.92. The maximum atomic E-state index is 5.69. The number of nitrogens with two attached hydrogens (primary N) is 1. The molecule has 0 saturated heterocycles. The summed E-state index contributed by atoms with van der Waals surface area (Å²) in [6.07, 6.45) is 0. The Morgan fingerprint density at radius 3 is 2.54 bits per heavy atom. The van der Waals surface area contributed by atoms with E-state index in [1.54, 1.807) is 0 Å². The minimum atomic E-state index is 0.250. The van der Waals surface area contributed by atoms with Gasteiger partial charge in [-0.1, -0.05) is 31.7 Å². The summed E-state index contributed by atoms with van der Waals surface area (Å²) in [6, 6.07) is 6.30. The van der Waals surface area contributed by atoms with Gasteiger partial charge in [0.2, 0.25) is 0 Å². The van der Waals surface area contributed by atoms with Crippen molar-refractivity contribution in [1.82, 2.24) is 0 Å². The van der Waals surface area contributed by atoms with Gasteiger partial charge >= 0.3 is 0 Å². The van der Waals surface area contributed by atoms with Crippen molar-refractivity contribution in [2.75, 3.05) is 0 Å². The van der Waals surface area contributed by atoms with Gasteiger partial charge in [-0.15, -0.1) is 0 Å². The predicted molar refractivity (Wildman–Crippen MR) is 57.7 cm³/mol. The van der Waals surface area contributed by atoms with Gasteiger partial charge in [-0.05, 0) is 30.5 Å². The van der Waals surface area contributed by atoms with Gasteiger partial charge in [-0.2, -0.15) is 0 Å². The van der Waals surface area contributed by atoms with E-state index in [2.05, 4.69) is 45.5 Å². The Morgan fingerprint density at radius 1 is 1.38 bits per heavy atom. The molecule has 70 valence electrons. The lowest BCUT2D eigenvalue weighted by Crippen LogP contribution is -2.07. The highest BCUT2D eigenvalue weighted by Crippen LogP contribution is 2.24. The second-order valence-electron chi connectivity index (χ2n) is 3.59. The predicted octanol–water partition coefficient (Wildman–Crippen LogP) is 2.88. The monoisotopic (exact) mass is 175 g/mol. The standard InChI is InChI=1S/C12H17N/c1-8-6-5-7-12(9(8)2)10(3)11(4)13/h5-7,10H,4,13H2,1-3H3/t10-/m1/s1. The Hall–Kier alpha value is -1.24. The lowest BCUT2D eigenvalue weighted by molar-refractivity contribution is 0.870. The van der Waals surface area contributed by atoms with Crippen LogP contribution in [0.1, 0.15) is 29.5 Å². The van der Waals surface area contributed by atoms with E-state index in [4.69, 9.17) is 5.73 Å². The highest BCUT2D eigenvalue weighted by atomic mass is 14.6. The molecule has 0 aliphatic rings. The van der Waals surface area contributed by atoms with Crippen LogP contribution in [0.3, 0.4) is 0 Å². The molecule has 0 aliphatic heterocycles. The van der Waals surface area contributed by atoms with Crippen LogP contribution in [-0.4, -0.2) is 0 Å². The van der Waals surface area contributed by atoms with E-state index in [-0.39, 0.29) is 5.92 Å². The molecule has 0 aliphatic carbocycles. The number of hydrogen-bond donors (Lipinski definition) is 1. The second kappa shape index (κ2) is 3.65. The molecule has 1 rings (SSSR count). The molecule has 0 amide bonds. The lowest BCUT2D eigenvalue weighted by atomic mass is 9.92. The van der Waals surface area contributed by atoms with Gasteiger partial charge in [0.05, 0.1) is 0 Å². The first-order valence-electron chi connectivity index (χ1n) is 4.54. The molecule has 0 radical (unpaired) electrons. The van der Waals surface area contributed by atoms with Crippen molar-refractivity contribution in [3.63, 3.8) is 0 Å². The number of allylic oxidation sites excluding steroid dienone is 1. The molecular formula is C12H17N. The minimum Gasteiger partial charge on any atom is -0.402 e. The van der Waals surface area contributed by atoms with Crippen LogP contribution in [-0.2, 0) is 0 Å². The fourth-order valence-corrected chi connectivity index (χ4v) is 1.44. The van der Waals surface area contributed by atoms with Gasteiger partial charge in [0.25, 0.3) is 0 Å². The van der Waals surface area contributed by atoms with Crippen LogP contribution >= 0.6 is 0 Å². The first kappa shape index (κ1) is 9.85. The molecule has 2 N–H and O–H groups in total. The summed E-state index contributed by atoms with van der Waals surface area (Å²) < 4.78 is 0. The van der Waals surface area contributed by atoms with Crippen molar-refractivity contribution in [2.45, 2.75) is 26.7 Å². The summed E-state index contributed by atoms with van der Waals surface area (Å²) in [4.78, 5) is 0. The molecule has 13 heavy (non-hydrogen) atoms. The van der Waals surface area contributed by atoms with E-state index < -0.39 is 0 Å². The number of rotatable bonds is 2. The Bertz CT molecular complexity index is 326. The van der Waals surface area contributed by atoms with Gasteiger partial charge in [0, 0.05) is 11.6 Å². The largest absolute Gasteiger partial charge is 0.402 e. The number of benzene rings is 1. The maximum absolute atomic E-state index is 5.69. The number of hydrogen-bond acceptors (Lipinski definition) is 1. The smallest absolute Gasteiger partial charge is 0.0204 e. The van der Waals surface area contributed by atoms with E-state index >= 15 is 0 Å². The van der Waals surface area contributed by atoms with Crippen LogP contribution in [0, 0.1) is 13.8 Å². The minimum absolute atomic E-state index is 0.250. The van der Waals surface area contributed by atoms with Crippen LogP contribution < -0.4 is 5.73 Å². The first-order chi connectivity index (χ1) is 6.04. The van der Waals surface area contributed by atoms with Crippen LogP contribution in [0.15, 0.2) is 30.5 Å². The quantitative estimate of drug-likeness (QED) is 0.735. The highest BCUT2D eigenvalue weighted by Gasteiger charge is 2.09. The molecule has 0 heterocycles. The molecule has 0 fully saturated rings. The molecule has 1 heteroatoms. The summed E-state index contributed by atoms with van der Waals surface area (Å²) >= 11 is 0. The molecule has 0 aromatic heterocycles. The molecule has 1 aromatic rings. The van der Waals surface area contributed by atoms with E-state index in [1.165, 1.54) is 16.7 Å². The fraction of sp³-hybridized carbons (Fsp3) is 0.333. The molecule has 1 atom stereocenters. The van der Waals surface area contributed by atoms with Gasteiger partial charge in [-0.25, -0.2) is 0 Å². The molecular weight excluding hydrogens is 158 g/mol. The Morgan fingerprint density at radius 2 is 2.00 bits per heavy atom. The van der Waals surface area contributed by atoms with E-state index in [1.807, 2.05) is 0 Å². The van der Waals surface area contributed by atoms with Crippen LogP contribution in [0.5, 0.6) is 0 Å². The van der Waals surface area contributed by atoms with Crippen molar-refractivity contribution in [3.8, 4) is 0 Å².